The largest absolute Gasteiger partial charge is 0.416 e. The number of hydrogen-bond acceptors (Lipinski definition) is 3. The quantitative estimate of drug-likeness (QED) is 0.749. The van der Waals surface area contributed by atoms with E-state index in [2.05, 4.69) is 10.6 Å². The molecule has 0 aliphatic heterocycles. The summed E-state index contributed by atoms with van der Waals surface area (Å²) in [4.78, 5) is 23.1. The molecule has 23 heavy (non-hydrogen) atoms. The van der Waals surface area contributed by atoms with Crippen LogP contribution in [0, 0.1) is 0 Å². The molecule has 3 N–H and O–H groups in total. The minimum absolute atomic E-state index is 0.0313. The van der Waals surface area contributed by atoms with E-state index in [1.54, 1.807) is 6.92 Å². The predicted octanol–water partition coefficient (Wildman–Crippen LogP) is 2.55. The standard InChI is InChI=1S/C15H19F3N2O3/c1-9(4-3-5-21)19-14(23)11-6-12(15(16,17)18)8-13(7-11)20-10(2)22/h6-9,21H,3-5H2,1-2H3,(H,19,23)(H,20,22). The summed E-state index contributed by atoms with van der Waals surface area (Å²) in [6, 6.07) is 2.39. The molecule has 1 aromatic carbocycles. The molecule has 1 atom stereocenters. The molecule has 0 bridgehead atoms. The molecule has 0 heterocycles. The zero-order valence-electron chi connectivity index (χ0n) is 12.8. The van der Waals surface area contributed by atoms with Crippen molar-refractivity contribution in [1.29, 1.82) is 0 Å². The van der Waals surface area contributed by atoms with Crippen molar-refractivity contribution in [3.8, 4) is 0 Å². The Balaban J connectivity index is 3.04. The summed E-state index contributed by atoms with van der Waals surface area (Å²) in [5.74, 6) is -1.21. The monoisotopic (exact) mass is 332 g/mol. The molecule has 0 aromatic heterocycles. The number of alkyl halides is 3. The Morgan fingerprint density at radius 2 is 1.91 bits per heavy atom. The van der Waals surface area contributed by atoms with Crippen LogP contribution < -0.4 is 10.6 Å². The molecule has 128 valence electrons. The number of anilines is 1. The van der Waals surface area contributed by atoms with Crippen molar-refractivity contribution >= 4 is 17.5 Å². The maximum absolute atomic E-state index is 12.9. The Kier molecular flexibility index (Phi) is 6.56. The topological polar surface area (TPSA) is 78.4 Å². The highest BCUT2D eigenvalue weighted by Crippen LogP contribution is 2.32. The first-order valence-corrected chi connectivity index (χ1v) is 7.05. The van der Waals surface area contributed by atoms with Gasteiger partial charge in [0.05, 0.1) is 5.56 Å². The Labute approximate surface area is 131 Å². The Bertz CT molecular complexity index is 574. The number of aliphatic hydroxyl groups excluding tert-OH is 1. The number of rotatable bonds is 6. The molecule has 8 heteroatoms. The molecule has 0 aliphatic carbocycles. The van der Waals surface area contributed by atoms with Crippen LogP contribution in [0.2, 0.25) is 0 Å². The molecule has 2 amide bonds. The van der Waals surface area contributed by atoms with Crippen LogP contribution in [-0.4, -0.2) is 29.6 Å². The minimum atomic E-state index is -4.63. The lowest BCUT2D eigenvalue weighted by Crippen LogP contribution is -2.33. The van der Waals surface area contributed by atoms with E-state index in [1.165, 1.54) is 6.07 Å². The molecular weight excluding hydrogens is 313 g/mol. The Morgan fingerprint density at radius 1 is 1.26 bits per heavy atom. The van der Waals surface area contributed by atoms with Gasteiger partial charge in [0.25, 0.3) is 5.91 Å². The van der Waals surface area contributed by atoms with Crippen LogP contribution in [0.4, 0.5) is 18.9 Å². The van der Waals surface area contributed by atoms with E-state index < -0.39 is 23.6 Å². The fourth-order valence-corrected chi connectivity index (χ4v) is 1.97. The maximum Gasteiger partial charge on any atom is 0.416 e. The van der Waals surface area contributed by atoms with Crippen molar-refractivity contribution in [1.82, 2.24) is 5.32 Å². The first kappa shape index (κ1) is 19.0. The van der Waals surface area contributed by atoms with Crippen LogP contribution in [-0.2, 0) is 11.0 Å². The lowest BCUT2D eigenvalue weighted by molar-refractivity contribution is -0.137. The highest BCUT2D eigenvalue weighted by Gasteiger charge is 2.32. The van der Waals surface area contributed by atoms with Gasteiger partial charge in [0.2, 0.25) is 5.91 Å². The highest BCUT2D eigenvalue weighted by molar-refractivity contribution is 5.97. The average Bonchev–Trinajstić information content (AvgIpc) is 2.43. The Hall–Kier alpha value is -2.09. The molecular formula is C15H19F3N2O3. The van der Waals surface area contributed by atoms with Gasteiger partial charge >= 0.3 is 6.18 Å². The smallest absolute Gasteiger partial charge is 0.396 e. The molecule has 1 aromatic rings. The number of halogens is 3. The number of benzene rings is 1. The van der Waals surface area contributed by atoms with Gasteiger partial charge in [-0.25, -0.2) is 0 Å². The van der Waals surface area contributed by atoms with Crippen molar-refractivity contribution in [3.63, 3.8) is 0 Å². The van der Waals surface area contributed by atoms with Crippen LogP contribution in [0.3, 0.4) is 0 Å². The molecule has 0 saturated carbocycles. The SMILES string of the molecule is CC(=O)Nc1cc(C(=O)NC(C)CCCO)cc(C(F)(F)F)c1. The van der Waals surface area contributed by atoms with E-state index in [0.29, 0.717) is 12.8 Å². The highest BCUT2D eigenvalue weighted by atomic mass is 19.4. The lowest BCUT2D eigenvalue weighted by Gasteiger charge is -2.16. The average molecular weight is 332 g/mol. The number of aliphatic hydroxyl groups is 1. The van der Waals surface area contributed by atoms with Gasteiger partial charge in [0, 0.05) is 30.8 Å². The fraction of sp³-hybridized carbons (Fsp3) is 0.467. The summed E-state index contributed by atoms with van der Waals surface area (Å²) in [7, 11) is 0. The van der Waals surface area contributed by atoms with Crippen LogP contribution in [0.1, 0.15) is 42.6 Å². The third-order valence-corrected chi connectivity index (χ3v) is 3.02. The molecule has 0 fully saturated rings. The van der Waals surface area contributed by atoms with E-state index in [1.807, 2.05) is 0 Å². The first-order chi connectivity index (χ1) is 10.6. The molecule has 0 saturated heterocycles. The van der Waals surface area contributed by atoms with Crippen LogP contribution >= 0.6 is 0 Å². The number of amides is 2. The lowest BCUT2D eigenvalue weighted by atomic mass is 10.1. The van der Waals surface area contributed by atoms with Gasteiger partial charge in [-0.2, -0.15) is 13.2 Å². The Morgan fingerprint density at radius 3 is 2.43 bits per heavy atom. The van der Waals surface area contributed by atoms with E-state index >= 15 is 0 Å². The first-order valence-electron chi connectivity index (χ1n) is 7.05. The summed E-state index contributed by atoms with van der Waals surface area (Å²) >= 11 is 0. The molecule has 5 nitrogen and oxygen atoms in total. The summed E-state index contributed by atoms with van der Waals surface area (Å²) < 4.78 is 38.7. The van der Waals surface area contributed by atoms with Gasteiger partial charge in [-0.05, 0) is 38.0 Å². The zero-order chi connectivity index (χ0) is 17.6. The van der Waals surface area contributed by atoms with Gasteiger partial charge < -0.3 is 15.7 Å². The third-order valence-electron chi connectivity index (χ3n) is 3.02. The molecule has 1 rings (SSSR count). The van der Waals surface area contributed by atoms with Gasteiger partial charge in [0.15, 0.2) is 0 Å². The van der Waals surface area contributed by atoms with Gasteiger partial charge in [-0.1, -0.05) is 0 Å². The van der Waals surface area contributed by atoms with Crippen LogP contribution in [0.25, 0.3) is 0 Å². The number of carbonyl (C=O) groups is 2. The molecule has 0 radical (unpaired) electrons. The van der Waals surface area contributed by atoms with Gasteiger partial charge in [-0.15, -0.1) is 0 Å². The second-order valence-corrected chi connectivity index (χ2v) is 5.22. The summed E-state index contributed by atoms with van der Waals surface area (Å²) in [5.41, 5.74) is -1.31. The summed E-state index contributed by atoms with van der Waals surface area (Å²) in [5, 5.41) is 13.5. The van der Waals surface area contributed by atoms with E-state index in [9.17, 15) is 22.8 Å². The molecule has 0 spiro atoms. The second-order valence-electron chi connectivity index (χ2n) is 5.22. The van der Waals surface area contributed by atoms with Crippen molar-refractivity contribution in [2.45, 2.75) is 38.9 Å². The fourth-order valence-electron chi connectivity index (χ4n) is 1.97. The van der Waals surface area contributed by atoms with Crippen molar-refractivity contribution in [2.75, 3.05) is 11.9 Å². The van der Waals surface area contributed by atoms with E-state index in [4.69, 9.17) is 5.11 Å². The normalized spacial score (nSPS) is 12.6. The number of carbonyl (C=O) groups excluding carboxylic acids is 2. The van der Waals surface area contributed by atoms with Gasteiger partial charge in [-0.3, -0.25) is 9.59 Å². The van der Waals surface area contributed by atoms with Crippen molar-refractivity contribution in [2.24, 2.45) is 0 Å². The second kappa shape index (κ2) is 7.96. The zero-order valence-corrected chi connectivity index (χ0v) is 12.8. The summed E-state index contributed by atoms with van der Waals surface area (Å²) in [6.45, 7) is 2.82. The summed E-state index contributed by atoms with van der Waals surface area (Å²) in [6.07, 6.45) is -3.66. The third kappa shape index (κ3) is 6.27. The van der Waals surface area contributed by atoms with Crippen LogP contribution in [0.15, 0.2) is 18.2 Å². The van der Waals surface area contributed by atoms with Crippen molar-refractivity contribution < 1.29 is 27.9 Å². The number of hydrogen-bond donors (Lipinski definition) is 3. The van der Waals surface area contributed by atoms with Crippen LogP contribution in [0.5, 0.6) is 0 Å². The molecule has 0 aliphatic rings. The van der Waals surface area contributed by atoms with E-state index in [-0.39, 0.29) is 23.9 Å². The molecule has 1 unspecified atom stereocenters. The van der Waals surface area contributed by atoms with Crippen molar-refractivity contribution in [3.05, 3.63) is 29.3 Å². The minimum Gasteiger partial charge on any atom is -0.396 e. The maximum atomic E-state index is 12.9. The van der Waals surface area contributed by atoms with E-state index in [0.717, 1.165) is 19.1 Å². The van der Waals surface area contributed by atoms with Gasteiger partial charge in [0.1, 0.15) is 0 Å². The predicted molar refractivity (Wildman–Crippen MR) is 79.0 cm³/mol. The number of nitrogens with one attached hydrogen (secondary N) is 2.